The Morgan fingerprint density at radius 3 is 3.00 bits per heavy atom. The summed E-state index contributed by atoms with van der Waals surface area (Å²) in [5.74, 6) is 1.77. The van der Waals surface area contributed by atoms with Crippen LogP contribution in [-0.4, -0.2) is 31.9 Å². The van der Waals surface area contributed by atoms with Crippen molar-refractivity contribution in [2.75, 3.05) is 13.1 Å². The van der Waals surface area contributed by atoms with Crippen LogP contribution in [0.3, 0.4) is 0 Å². The summed E-state index contributed by atoms with van der Waals surface area (Å²) in [4.78, 5) is 7.48. The lowest BCUT2D eigenvalue weighted by Crippen LogP contribution is -2.22. The topological polar surface area (TPSA) is 34.0 Å². The highest BCUT2D eigenvalue weighted by atomic mass is 32.1. The molecular formula is C17H18N4S. The Labute approximate surface area is 133 Å². The number of aryl methyl sites for hydroxylation is 1. The summed E-state index contributed by atoms with van der Waals surface area (Å²) in [6.07, 6.45) is 4.78. The van der Waals surface area contributed by atoms with Crippen LogP contribution in [-0.2, 0) is 7.05 Å². The first-order valence-electron chi connectivity index (χ1n) is 7.91. The molecule has 2 fully saturated rings. The number of rotatable bonds is 2. The quantitative estimate of drug-likeness (QED) is 0.727. The lowest BCUT2D eigenvalue weighted by atomic mass is 10.0. The Balaban J connectivity index is 1.56. The fraction of sp³-hybridized carbons (Fsp3) is 0.412. The van der Waals surface area contributed by atoms with Gasteiger partial charge < -0.3 is 4.57 Å². The molecule has 2 saturated heterocycles. The Morgan fingerprint density at radius 1 is 1.27 bits per heavy atom. The maximum Gasteiger partial charge on any atom is 0.175 e. The molecule has 0 N–H and O–H groups in total. The largest absolute Gasteiger partial charge is 0.350 e. The van der Waals surface area contributed by atoms with Crippen LogP contribution in [0.25, 0.3) is 22.3 Å². The van der Waals surface area contributed by atoms with Gasteiger partial charge in [0, 0.05) is 36.3 Å². The minimum absolute atomic E-state index is 0.514. The zero-order valence-corrected chi connectivity index (χ0v) is 13.4. The van der Waals surface area contributed by atoms with Crippen molar-refractivity contribution in [3.63, 3.8) is 0 Å². The molecule has 1 aromatic carbocycles. The van der Waals surface area contributed by atoms with Gasteiger partial charge in [-0.3, -0.25) is 4.90 Å². The zero-order chi connectivity index (χ0) is 14.7. The van der Waals surface area contributed by atoms with Gasteiger partial charge in [-0.2, -0.15) is 4.37 Å². The molecule has 5 rings (SSSR count). The van der Waals surface area contributed by atoms with E-state index in [1.807, 2.05) is 0 Å². The molecule has 2 aliphatic rings. The van der Waals surface area contributed by atoms with Crippen LogP contribution >= 0.6 is 11.5 Å². The van der Waals surface area contributed by atoms with Crippen molar-refractivity contribution in [2.45, 2.75) is 18.9 Å². The van der Waals surface area contributed by atoms with Gasteiger partial charge in [0.25, 0.3) is 0 Å². The van der Waals surface area contributed by atoms with Crippen LogP contribution in [0.2, 0.25) is 0 Å². The average molecular weight is 310 g/mol. The molecule has 0 amide bonds. The minimum Gasteiger partial charge on any atom is -0.350 e. The fourth-order valence-electron chi connectivity index (χ4n) is 4.06. The van der Waals surface area contributed by atoms with Gasteiger partial charge >= 0.3 is 0 Å². The molecule has 0 saturated carbocycles. The fourth-order valence-corrected chi connectivity index (χ4v) is 4.87. The van der Waals surface area contributed by atoms with E-state index in [-0.39, 0.29) is 0 Å². The third-order valence-electron chi connectivity index (χ3n) is 5.18. The molecule has 3 aromatic rings. The molecule has 2 aliphatic heterocycles. The zero-order valence-electron chi connectivity index (χ0n) is 12.6. The molecule has 2 aromatic heterocycles. The Morgan fingerprint density at radius 2 is 2.18 bits per heavy atom. The van der Waals surface area contributed by atoms with Crippen molar-refractivity contribution in [1.82, 2.24) is 18.8 Å². The number of hydrogen-bond acceptors (Lipinski definition) is 4. The van der Waals surface area contributed by atoms with Crippen LogP contribution in [0.15, 0.2) is 30.5 Å². The molecule has 1 unspecified atom stereocenters. The molecule has 5 heteroatoms. The molecule has 0 radical (unpaired) electrons. The Kier molecular flexibility index (Phi) is 2.69. The van der Waals surface area contributed by atoms with Gasteiger partial charge in [0.15, 0.2) is 5.82 Å². The molecule has 3 atom stereocenters. The highest BCUT2D eigenvalue weighted by Gasteiger charge is 2.39. The van der Waals surface area contributed by atoms with Crippen molar-refractivity contribution in [1.29, 1.82) is 0 Å². The van der Waals surface area contributed by atoms with Gasteiger partial charge in [0.1, 0.15) is 5.01 Å². The lowest BCUT2D eigenvalue weighted by Gasteiger charge is -2.21. The van der Waals surface area contributed by atoms with Gasteiger partial charge in [-0.05, 0) is 42.9 Å². The van der Waals surface area contributed by atoms with E-state index in [0.29, 0.717) is 6.04 Å². The van der Waals surface area contributed by atoms with E-state index in [4.69, 9.17) is 4.98 Å². The highest BCUT2D eigenvalue weighted by Crippen LogP contribution is 2.43. The van der Waals surface area contributed by atoms with E-state index in [0.717, 1.165) is 17.3 Å². The maximum atomic E-state index is 4.90. The average Bonchev–Trinajstić information content (AvgIpc) is 3.30. The summed E-state index contributed by atoms with van der Waals surface area (Å²) < 4.78 is 6.83. The molecule has 0 spiro atoms. The summed E-state index contributed by atoms with van der Waals surface area (Å²) in [5.41, 5.74) is 2.39. The highest BCUT2D eigenvalue weighted by molar-refractivity contribution is 7.05. The molecule has 22 heavy (non-hydrogen) atoms. The van der Waals surface area contributed by atoms with E-state index in [1.54, 1.807) is 11.5 Å². The number of para-hydroxylation sites is 1. The standard InChI is InChI=1S/C17H18N4S/c1-20-10-13(12-4-2-3-5-14(12)20)16-18-17(22-19-16)15-8-11-6-7-21(15)9-11/h2-5,10-11,15H,6-9H2,1H3/t11-,15-/m1/s1. The number of aromatic nitrogens is 3. The third kappa shape index (κ3) is 1.79. The van der Waals surface area contributed by atoms with Crippen molar-refractivity contribution < 1.29 is 0 Å². The molecule has 2 bridgehead atoms. The second kappa shape index (κ2) is 4.64. The van der Waals surface area contributed by atoms with Crippen molar-refractivity contribution in [2.24, 2.45) is 13.0 Å². The first kappa shape index (κ1) is 12.8. The normalized spacial score (nSPS) is 27.0. The van der Waals surface area contributed by atoms with E-state index in [2.05, 4.69) is 51.4 Å². The van der Waals surface area contributed by atoms with Crippen LogP contribution in [0.4, 0.5) is 0 Å². The van der Waals surface area contributed by atoms with Crippen molar-refractivity contribution in [3.05, 3.63) is 35.5 Å². The first-order valence-corrected chi connectivity index (χ1v) is 8.69. The van der Waals surface area contributed by atoms with Gasteiger partial charge in [-0.25, -0.2) is 4.98 Å². The number of nitrogens with zero attached hydrogens (tertiary/aromatic N) is 4. The predicted octanol–water partition coefficient (Wildman–Crippen LogP) is 3.46. The van der Waals surface area contributed by atoms with E-state index < -0.39 is 0 Å². The van der Waals surface area contributed by atoms with E-state index in [1.165, 1.54) is 41.8 Å². The van der Waals surface area contributed by atoms with Gasteiger partial charge in [-0.1, -0.05) is 18.2 Å². The summed E-state index contributed by atoms with van der Waals surface area (Å²) >= 11 is 1.59. The molecule has 112 valence electrons. The van der Waals surface area contributed by atoms with E-state index >= 15 is 0 Å². The molecule has 4 heterocycles. The smallest absolute Gasteiger partial charge is 0.175 e. The van der Waals surface area contributed by atoms with Crippen molar-refractivity contribution >= 4 is 22.4 Å². The summed E-state index contributed by atoms with van der Waals surface area (Å²) in [7, 11) is 2.08. The van der Waals surface area contributed by atoms with E-state index in [9.17, 15) is 0 Å². The summed E-state index contributed by atoms with van der Waals surface area (Å²) in [6, 6.07) is 8.98. The minimum atomic E-state index is 0.514. The Hall–Kier alpha value is -1.72. The number of fused-ring (bicyclic) bond motifs is 3. The van der Waals surface area contributed by atoms with Crippen LogP contribution < -0.4 is 0 Å². The van der Waals surface area contributed by atoms with Crippen LogP contribution in [0.1, 0.15) is 23.9 Å². The first-order chi connectivity index (χ1) is 10.8. The lowest BCUT2D eigenvalue weighted by molar-refractivity contribution is 0.265. The number of piperidine rings is 1. The number of hydrogen-bond donors (Lipinski definition) is 0. The maximum absolute atomic E-state index is 4.90. The van der Waals surface area contributed by atoms with Gasteiger partial charge in [0.2, 0.25) is 0 Å². The van der Waals surface area contributed by atoms with Crippen LogP contribution in [0, 0.1) is 5.92 Å². The third-order valence-corrected chi connectivity index (χ3v) is 5.99. The van der Waals surface area contributed by atoms with Crippen LogP contribution in [0.5, 0.6) is 0 Å². The molecular weight excluding hydrogens is 292 g/mol. The second-order valence-corrected chi connectivity index (χ2v) is 7.31. The molecule has 0 aliphatic carbocycles. The monoisotopic (exact) mass is 310 g/mol. The predicted molar refractivity (Wildman–Crippen MR) is 88.9 cm³/mol. The SMILES string of the molecule is Cn1cc(-c2nsc([C@H]3C[C@H]4CCN3C4)n2)c2ccccc21. The Bertz CT molecular complexity index is 849. The molecule has 4 nitrogen and oxygen atoms in total. The van der Waals surface area contributed by atoms with Crippen molar-refractivity contribution in [3.8, 4) is 11.4 Å². The van der Waals surface area contributed by atoms with Gasteiger partial charge in [-0.15, -0.1) is 0 Å². The number of benzene rings is 1. The summed E-state index contributed by atoms with van der Waals surface area (Å²) in [5, 5.41) is 2.44. The summed E-state index contributed by atoms with van der Waals surface area (Å²) in [6.45, 7) is 2.49. The second-order valence-electron chi connectivity index (χ2n) is 6.53. The van der Waals surface area contributed by atoms with Gasteiger partial charge in [0.05, 0.1) is 6.04 Å².